The monoisotopic (exact) mass is 384 g/mol. The van der Waals surface area contributed by atoms with Crippen molar-refractivity contribution < 1.29 is 4.79 Å². The molecule has 4 rings (SSSR count). The van der Waals surface area contributed by atoms with E-state index in [1.807, 2.05) is 41.3 Å². The largest absolute Gasteiger partial charge is 0.325 e. The van der Waals surface area contributed by atoms with E-state index in [-0.39, 0.29) is 11.7 Å². The minimum absolute atomic E-state index is 0.0864. The van der Waals surface area contributed by atoms with Gasteiger partial charge in [0.25, 0.3) is 0 Å². The Kier molecular flexibility index (Phi) is 4.72. The number of hydrogen-bond donors (Lipinski definition) is 2. The molecule has 132 valence electrons. The molecule has 4 aromatic rings. The Balaban J connectivity index is 1.36. The van der Waals surface area contributed by atoms with E-state index in [4.69, 9.17) is 0 Å². The fourth-order valence-electron chi connectivity index (χ4n) is 2.54. The molecule has 0 bridgehead atoms. The predicted octanol–water partition coefficient (Wildman–Crippen LogP) is 3.07. The predicted molar refractivity (Wildman–Crippen MR) is 104 cm³/mol. The molecule has 0 atom stereocenters. The van der Waals surface area contributed by atoms with Gasteiger partial charge in [-0.3, -0.25) is 9.89 Å². The Morgan fingerprint density at radius 2 is 2.27 bits per heavy atom. The highest BCUT2D eigenvalue weighted by Gasteiger charge is 2.12. The maximum absolute atomic E-state index is 12.2. The van der Waals surface area contributed by atoms with Gasteiger partial charge in [-0.1, -0.05) is 17.8 Å². The quantitative estimate of drug-likeness (QED) is 0.499. The van der Waals surface area contributed by atoms with Crippen LogP contribution in [0, 0.1) is 0 Å². The molecule has 2 N–H and O–H groups in total. The van der Waals surface area contributed by atoms with Crippen LogP contribution in [-0.4, -0.2) is 36.6 Å². The second-order valence-corrected chi connectivity index (χ2v) is 7.70. The van der Waals surface area contributed by atoms with E-state index in [9.17, 15) is 4.79 Å². The summed E-state index contributed by atoms with van der Waals surface area (Å²) in [6, 6.07) is 9.75. The number of fused-ring (bicyclic) bond motifs is 1. The van der Waals surface area contributed by atoms with Crippen LogP contribution >= 0.6 is 23.1 Å². The highest BCUT2D eigenvalue weighted by molar-refractivity contribution is 7.99. The fraction of sp³-hybridized carbons (Fsp3) is 0.176. The Morgan fingerprint density at radius 1 is 1.35 bits per heavy atom. The molecule has 26 heavy (non-hydrogen) atoms. The van der Waals surface area contributed by atoms with E-state index >= 15 is 0 Å². The minimum Gasteiger partial charge on any atom is -0.325 e. The third kappa shape index (κ3) is 3.63. The highest BCUT2D eigenvalue weighted by atomic mass is 32.2. The van der Waals surface area contributed by atoms with Crippen LogP contribution in [0.4, 0.5) is 5.69 Å². The molecule has 3 aromatic heterocycles. The second-order valence-electron chi connectivity index (χ2n) is 5.72. The zero-order valence-electron chi connectivity index (χ0n) is 14.0. The van der Waals surface area contributed by atoms with Crippen LogP contribution in [0.3, 0.4) is 0 Å². The molecule has 1 aromatic carbocycles. The smallest absolute Gasteiger partial charge is 0.234 e. The third-order valence-electron chi connectivity index (χ3n) is 3.90. The van der Waals surface area contributed by atoms with E-state index in [1.54, 1.807) is 17.5 Å². The molecule has 0 spiro atoms. The van der Waals surface area contributed by atoms with Crippen molar-refractivity contribution in [3.63, 3.8) is 0 Å². The van der Waals surface area contributed by atoms with Crippen molar-refractivity contribution in [2.45, 2.75) is 11.6 Å². The van der Waals surface area contributed by atoms with Gasteiger partial charge < -0.3 is 9.88 Å². The van der Waals surface area contributed by atoms with Crippen molar-refractivity contribution in [1.82, 2.24) is 25.0 Å². The van der Waals surface area contributed by atoms with Crippen molar-refractivity contribution >= 4 is 45.6 Å². The first kappa shape index (κ1) is 16.8. The fourth-order valence-corrected chi connectivity index (χ4v) is 3.97. The average molecular weight is 384 g/mol. The summed E-state index contributed by atoms with van der Waals surface area (Å²) in [6.45, 7) is 0. The summed E-state index contributed by atoms with van der Waals surface area (Å²) in [5.74, 6) is 1.07. The Bertz CT molecular complexity index is 1040. The van der Waals surface area contributed by atoms with Gasteiger partial charge in [0.05, 0.1) is 17.5 Å². The van der Waals surface area contributed by atoms with Crippen molar-refractivity contribution in [3.05, 3.63) is 52.6 Å². The number of H-pyrrole nitrogens is 1. The number of thioether (sulfide) groups is 1. The molecular formula is C17H16N6OS2. The normalized spacial score (nSPS) is 11.1. The van der Waals surface area contributed by atoms with Gasteiger partial charge >= 0.3 is 0 Å². The molecule has 0 saturated heterocycles. The summed E-state index contributed by atoms with van der Waals surface area (Å²) in [5, 5.41) is 22.0. The van der Waals surface area contributed by atoms with Crippen molar-refractivity contribution in [1.29, 1.82) is 0 Å². The minimum atomic E-state index is -0.0864. The van der Waals surface area contributed by atoms with E-state index in [0.29, 0.717) is 0 Å². The molecule has 0 saturated carbocycles. The SMILES string of the molecule is Cn1c(Cc2cccs2)nnc1SCC(=O)Nc1ccc2cn[nH]c2c1. The van der Waals surface area contributed by atoms with Crippen molar-refractivity contribution in [2.75, 3.05) is 11.1 Å². The number of aromatic amines is 1. The van der Waals surface area contributed by atoms with Gasteiger partial charge in [0.2, 0.25) is 5.91 Å². The summed E-state index contributed by atoms with van der Waals surface area (Å²) in [5.41, 5.74) is 1.63. The molecule has 0 unspecified atom stereocenters. The Morgan fingerprint density at radius 3 is 3.12 bits per heavy atom. The van der Waals surface area contributed by atoms with Crippen LogP contribution < -0.4 is 5.32 Å². The molecular weight excluding hydrogens is 368 g/mol. The first-order chi connectivity index (χ1) is 12.7. The first-order valence-electron chi connectivity index (χ1n) is 7.95. The zero-order chi connectivity index (χ0) is 17.9. The highest BCUT2D eigenvalue weighted by Crippen LogP contribution is 2.20. The lowest BCUT2D eigenvalue weighted by molar-refractivity contribution is -0.113. The maximum Gasteiger partial charge on any atom is 0.234 e. The number of hydrogen-bond acceptors (Lipinski definition) is 6. The van der Waals surface area contributed by atoms with Gasteiger partial charge in [-0.05, 0) is 29.6 Å². The van der Waals surface area contributed by atoms with Crippen molar-refractivity contribution in [2.24, 2.45) is 7.05 Å². The topological polar surface area (TPSA) is 88.5 Å². The lowest BCUT2D eigenvalue weighted by Crippen LogP contribution is -2.14. The van der Waals surface area contributed by atoms with Crippen molar-refractivity contribution in [3.8, 4) is 0 Å². The first-order valence-corrected chi connectivity index (χ1v) is 9.82. The lowest BCUT2D eigenvalue weighted by Gasteiger charge is -2.05. The van der Waals surface area contributed by atoms with Gasteiger partial charge in [0.1, 0.15) is 5.82 Å². The lowest BCUT2D eigenvalue weighted by atomic mass is 10.2. The molecule has 7 nitrogen and oxygen atoms in total. The number of carbonyl (C=O) groups excluding carboxylic acids is 1. The molecule has 0 fully saturated rings. The molecule has 1 amide bonds. The second kappa shape index (κ2) is 7.30. The number of benzene rings is 1. The van der Waals surface area contributed by atoms with E-state index in [1.165, 1.54) is 16.6 Å². The van der Waals surface area contributed by atoms with Gasteiger partial charge in [0.15, 0.2) is 5.16 Å². The van der Waals surface area contributed by atoms with E-state index < -0.39 is 0 Å². The number of aromatic nitrogens is 5. The number of thiophene rings is 1. The van der Waals surface area contributed by atoms with Gasteiger partial charge in [-0.15, -0.1) is 21.5 Å². The van der Waals surface area contributed by atoms with Gasteiger partial charge in [-0.2, -0.15) is 5.10 Å². The number of amides is 1. The molecule has 9 heteroatoms. The van der Waals surface area contributed by atoms with Crippen LogP contribution in [0.1, 0.15) is 10.7 Å². The molecule has 0 aliphatic rings. The Labute approximate surface area is 157 Å². The maximum atomic E-state index is 12.2. The number of nitrogens with zero attached hydrogens (tertiary/aromatic N) is 4. The molecule has 3 heterocycles. The molecule has 0 aliphatic carbocycles. The van der Waals surface area contributed by atoms with E-state index in [0.717, 1.165) is 34.0 Å². The number of rotatable bonds is 6. The summed E-state index contributed by atoms with van der Waals surface area (Å²) in [6.07, 6.45) is 2.50. The van der Waals surface area contributed by atoms with Crippen LogP contribution in [0.25, 0.3) is 10.9 Å². The average Bonchev–Trinajstić information content (AvgIpc) is 3.36. The van der Waals surface area contributed by atoms with Crippen LogP contribution in [0.5, 0.6) is 0 Å². The van der Waals surface area contributed by atoms with Crippen LogP contribution in [0.2, 0.25) is 0 Å². The third-order valence-corrected chi connectivity index (χ3v) is 5.79. The summed E-state index contributed by atoms with van der Waals surface area (Å²) < 4.78 is 1.94. The Hall–Kier alpha value is -2.65. The standard InChI is InChI=1S/C17H16N6OS2/c1-23-15(8-13-3-2-6-25-13)21-22-17(23)26-10-16(24)19-12-5-4-11-9-18-20-14(11)7-12/h2-7,9H,8,10H2,1H3,(H,18,20)(H,19,24). The number of anilines is 1. The number of carbonyl (C=O) groups is 1. The summed E-state index contributed by atoms with van der Waals surface area (Å²) in [4.78, 5) is 13.5. The van der Waals surface area contributed by atoms with E-state index in [2.05, 4.69) is 31.8 Å². The number of nitrogens with one attached hydrogen (secondary N) is 2. The van der Waals surface area contributed by atoms with Gasteiger partial charge in [0, 0.05) is 29.4 Å². The zero-order valence-corrected chi connectivity index (χ0v) is 15.6. The molecule has 0 radical (unpaired) electrons. The molecule has 0 aliphatic heterocycles. The van der Waals surface area contributed by atoms with Crippen LogP contribution in [-0.2, 0) is 18.3 Å². The summed E-state index contributed by atoms with van der Waals surface area (Å²) in [7, 11) is 1.93. The van der Waals surface area contributed by atoms with Crippen LogP contribution in [0.15, 0.2) is 47.1 Å². The summed E-state index contributed by atoms with van der Waals surface area (Å²) >= 11 is 3.07. The van der Waals surface area contributed by atoms with Gasteiger partial charge in [-0.25, -0.2) is 0 Å².